The van der Waals surface area contributed by atoms with Crippen LogP contribution in [0.2, 0.25) is 0 Å². The number of hydrogen-bond donors (Lipinski definition) is 4. The predicted octanol–water partition coefficient (Wildman–Crippen LogP) is 0.467. The second-order valence-electron chi connectivity index (χ2n) is 4.13. The van der Waals surface area contributed by atoms with Crippen LogP contribution in [-0.4, -0.2) is 42.5 Å². The summed E-state index contributed by atoms with van der Waals surface area (Å²) in [7, 11) is 0. The van der Waals surface area contributed by atoms with Gasteiger partial charge >= 0.3 is 6.03 Å². The fourth-order valence-electron chi connectivity index (χ4n) is 1.22. The predicted molar refractivity (Wildman–Crippen MR) is 63.2 cm³/mol. The van der Waals surface area contributed by atoms with Gasteiger partial charge in [0.2, 0.25) is 0 Å². The smallest absolute Gasteiger partial charge is 0.314 e. The van der Waals surface area contributed by atoms with Gasteiger partial charge < -0.3 is 20.8 Å². The number of nitrogens with one attached hydrogen (secondary N) is 2. The fraction of sp³-hybridized carbons (Fsp3) is 0.909. The van der Waals surface area contributed by atoms with E-state index in [4.69, 9.17) is 0 Å². The van der Waals surface area contributed by atoms with Gasteiger partial charge in [0, 0.05) is 18.5 Å². The Morgan fingerprint density at radius 1 is 1.19 bits per heavy atom. The van der Waals surface area contributed by atoms with E-state index in [9.17, 15) is 15.0 Å². The van der Waals surface area contributed by atoms with Gasteiger partial charge in [-0.2, -0.15) is 0 Å². The molecule has 0 unspecified atom stereocenters. The molecule has 0 rings (SSSR count). The molecule has 0 saturated carbocycles. The van der Waals surface area contributed by atoms with Crippen molar-refractivity contribution in [3.05, 3.63) is 0 Å². The Morgan fingerprint density at radius 3 is 2.25 bits per heavy atom. The molecule has 5 heteroatoms. The Balaban J connectivity index is 3.87. The van der Waals surface area contributed by atoms with E-state index in [1.54, 1.807) is 0 Å². The molecule has 0 aromatic heterocycles. The van der Waals surface area contributed by atoms with Crippen molar-refractivity contribution in [1.82, 2.24) is 10.6 Å². The minimum Gasteiger partial charge on any atom is -0.396 e. The summed E-state index contributed by atoms with van der Waals surface area (Å²) >= 11 is 0. The highest BCUT2D eigenvalue weighted by atomic mass is 16.3. The van der Waals surface area contributed by atoms with Crippen molar-refractivity contribution < 1.29 is 15.0 Å². The number of urea groups is 1. The highest BCUT2D eigenvalue weighted by Crippen LogP contribution is 2.18. The molecule has 0 fully saturated rings. The number of carbonyl (C=O) groups excluding carboxylic acids is 1. The van der Waals surface area contributed by atoms with Crippen LogP contribution in [0.5, 0.6) is 0 Å². The molecule has 0 aliphatic heterocycles. The van der Waals surface area contributed by atoms with E-state index >= 15 is 0 Å². The normalized spacial score (nSPS) is 11.2. The van der Waals surface area contributed by atoms with Crippen molar-refractivity contribution >= 4 is 6.03 Å². The molecule has 0 radical (unpaired) electrons. The molecule has 0 bridgehead atoms. The molecule has 4 N–H and O–H groups in total. The van der Waals surface area contributed by atoms with Gasteiger partial charge in [-0.1, -0.05) is 20.3 Å². The molecule has 0 aromatic rings. The first-order chi connectivity index (χ1) is 7.64. The lowest BCUT2D eigenvalue weighted by Gasteiger charge is -2.28. The van der Waals surface area contributed by atoms with Crippen molar-refractivity contribution in [2.75, 3.05) is 26.3 Å². The van der Waals surface area contributed by atoms with Gasteiger partial charge in [-0.3, -0.25) is 0 Å². The molecule has 0 aliphatic rings. The quantitative estimate of drug-likeness (QED) is 0.459. The molecule has 0 aliphatic carbocycles. The van der Waals surface area contributed by atoms with Gasteiger partial charge in [0.1, 0.15) is 0 Å². The van der Waals surface area contributed by atoms with Crippen LogP contribution < -0.4 is 10.6 Å². The monoisotopic (exact) mass is 232 g/mol. The minimum absolute atomic E-state index is 0.130. The molecule has 16 heavy (non-hydrogen) atoms. The fourth-order valence-corrected chi connectivity index (χ4v) is 1.22. The summed E-state index contributed by atoms with van der Waals surface area (Å²) in [5.74, 6) is 0. The highest BCUT2D eigenvalue weighted by molar-refractivity contribution is 5.73. The van der Waals surface area contributed by atoms with E-state index in [1.807, 2.05) is 6.92 Å². The summed E-state index contributed by atoms with van der Waals surface area (Å²) in [6, 6.07) is -0.242. The third-order valence-electron chi connectivity index (χ3n) is 2.86. The zero-order valence-electron chi connectivity index (χ0n) is 10.3. The summed E-state index contributed by atoms with van der Waals surface area (Å²) in [6.07, 6.45) is 2.61. The lowest BCUT2D eigenvalue weighted by molar-refractivity contribution is 0.0532. The van der Waals surface area contributed by atoms with Crippen LogP contribution in [0.3, 0.4) is 0 Å². The van der Waals surface area contributed by atoms with Crippen LogP contribution in [0.25, 0.3) is 0 Å². The van der Waals surface area contributed by atoms with Crippen molar-refractivity contribution in [1.29, 1.82) is 0 Å². The number of aliphatic hydroxyl groups excluding tert-OH is 2. The zero-order valence-corrected chi connectivity index (χ0v) is 10.3. The van der Waals surface area contributed by atoms with E-state index < -0.39 is 5.41 Å². The number of unbranched alkanes of at least 4 members (excludes halogenated alkanes) is 1. The minimum atomic E-state index is -0.609. The lowest BCUT2D eigenvalue weighted by Crippen LogP contribution is -2.45. The summed E-state index contributed by atoms with van der Waals surface area (Å²) in [4.78, 5) is 11.3. The zero-order chi connectivity index (χ0) is 12.4. The van der Waals surface area contributed by atoms with Crippen molar-refractivity contribution in [2.24, 2.45) is 5.41 Å². The lowest BCUT2D eigenvalue weighted by atomic mass is 9.87. The topological polar surface area (TPSA) is 81.6 Å². The molecule has 2 amide bonds. The molecular formula is C11H24N2O3. The van der Waals surface area contributed by atoms with E-state index in [-0.39, 0.29) is 25.8 Å². The second-order valence-corrected chi connectivity index (χ2v) is 4.13. The molecule has 0 saturated heterocycles. The first-order valence-corrected chi connectivity index (χ1v) is 5.87. The number of amides is 2. The molecule has 0 aromatic carbocycles. The van der Waals surface area contributed by atoms with Crippen LogP contribution in [0.1, 0.15) is 33.1 Å². The van der Waals surface area contributed by atoms with E-state index in [2.05, 4.69) is 17.6 Å². The third kappa shape index (κ3) is 5.32. The molecule has 0 atom stereocenters. The Hall–Kier alpha value is -0.810. The van der Waals surface area contributed by atoms with E-state index in [0.717, 1.165) is 12.8 Å². The average Bonchev–Trinajstić information content (AvgIpc) is 2.32. The second kappa shape index (κ2) is 8.35. The molecular weight excluding hydrogens is 208 g/mol. The van der Waals surface area contributed by atoms with Crippen molar-refractivity contribution in [3.63, 3.8) is 0 Å². The Labute approximate surface area is 97.2 Å². The van der Waals surface area contributed by atoms with E-state index in [0.29, 0.717) is 13.0 Å². The van der Waals surface area contributed by atoms with Crippen LogP contribution in [-0.2, 0) is 0 Å². The first-order valence-electron chi connectivity index (χ1n) is 5.87. The Morgan fingerprint density at radius 2 is 1.81 bits per heavy atom. The Kier molecular flexibility index (Phi) is 7.93. The first kappa shape index (κ1) is 15.2. The van der Waals surface area contributed by atoms with Crippen LogP contribution >= 0.6 is 0 Å². The summed E-state index contributed by atoms with van der Waals surface area (Å²) in [5, 5.41) is 23.7. The number of hydrogen-bond acceptors (Lipinski definition) is 3. The standard InChI is InChI=1S/C11H24N2O3/c1-3-5-6-12-10(16)13-7-11(4-2,8-14)9-15/h14-15H,3-9H2,1-2H3,(H2,12,13,16). The van der Waals surface area contributed by atoms with Crippen LogP contribution in [0.4, 0.5) is 4.79 Å². The average molecular weight is 232 g/mol. The van der Waals surface area contributed by atoms with Crippen LogP contribution in [0, 0.1) is 5.41 Å². The van der Waals surface area contributed by atoms with Gasteiger partial charge in [0.05, 0.1) is 13.2 Å². The van der Waals surface area contributed by atoms with Gasteiger partial charge in [-0.25, -0.2) is 4.79 Å². The summed E-state index contributed by atoms with van der Waals surface area (Å²) < 4.78 is 0. The maximum Gasteiger partial charge on any atom is 0.314 e. The molecule has 96 valence electrons. The maximum atomic E-state index is 11.3. The van der Waals surface area contributed by atoms with Crippen LogP contribution in [0.15, 0.2) is 0 Å². The largest absolute Gasteiger partial charge is 0.396 e. The molecule has 0 heterocycles. The number of aliphatic hydroxyl groups is 2. The van der Waals surface area contributed by atoms with Crippen molar-refractivity contribution in [3.8, 4) is 0 Å². The number of carbonyl (C=O) groups is 1. The number of rotatable bonds is 8. The van der Waals surface area contributed by atoms with Gasteiger partial charge in [0.25, 0.3) is 0 Å². The Bertz CT molecular complexity index is 185. The van der Waals surface area contributed by atoms with Gasteiger partial charge in [-0.05, 0) is 12.8 Å². The summed E-state index contributed by atoms with van der Waals surface area (Å²) in [6.45, 7) is 4.61. The molecule has 5 nitrogen and oxygen atoms in total. The van der Waals surface area contributed by atoms with Crippen molar-refractivity contribution in [2.45, 2.75) is 33.1 Å². The highest BCUT2D eigenvalue weighted by Gasteiger charge is 2.26. The van der Waals surface area contributed by atoms with E-state index in [1.165, 1.54) is 0 Å². The maximum absolute atomic E-state index is 11.3. The molecule has 0 spiro atoms. The van der Waals surface area contributed by atoms with Gasteiger partial charge in [0.15, 0.2) is 0 Å². The van der Waals surface area contributed by atoms with Gasteiger partial charge in [-0.15, -0.1) is 0 Å². The third-order valence-corrected chi connectivity index (χ3v) is 2.86. The summed E-state index contributed by atoms with van der Waals surface area (Å²) in [5.41, 5.74) is -0.609. The SMILES string of the molecule is CCCCNC(=O)NCC(CC)(CO)CO.